The van der Waals surface area contributed by atoms with Gasteiger partial charge in [0.2, 0.25) is 17.6 Å². The van der Waals surface area contributed by atoms with E-state index in [9.17, 15) is 4.79 Å². The lowest BCUT2D eigenvalue weighted by molar-refractivity contribution is -0.121. The van der Waals surface area contributed by atoms with Gasteiger partial charge in [0.25, 0.3) is 0 Å². The van der Waals surface area contributed by atoms with Crippen LogP contribution in [0.25, 0.3) is 11.6 Å². The van der Waals surface area contributed by atoms with E-state index in [4.69, 9.17) is 13.4 Å². The lowest BCUT2D eigenvalue weighted by atomic mass is 10.2. The highest BCUT2D eigenvalue weighted by atomic mass is 16.5. The minimum Gasteiger partial charge on any atom is -0.467 e. The van der Waals surface area contributed by atoms with E-state index in [1.54, 1.807) is 30.7 Å². The number of nitrogens with one attached hydrogen (secondary N) is 1. The molecule has 3 aromatic rings. The van der Waals surface area contributed by atoms with Gasteiger partial charge in [0, 0.05) is 12.8 Å². The lowest BCUT2D eigenvalue weighted by Crippen LogP contribution is -2.22. The molecule has 0 radical (unpaired) electrons. The summed E-state index contributed by atoms with van der Waals surface area (Å²) in [7, 11) is 0. The molecule has 0 bridgehead atoms. The standard InChI is InChI=1S/C15H15N3O4/c19-13(16-10-11-4-2-8-20-11)6-1-7-14-17-15(18-22-14)12-5-3-9-21-12/h2-5,8-9H,1,6-7,10H2,(H,16,19). The van der Waals surface area contributed by atoms with Gasteiger partial charge in [-0.05, 0) is 30.7 Å². The fourth-order valence-electron chi connectivity index (χ4n) is 1.95. The third-order valence-electron chi connectivity index (χ3n) is 3.04. The van der Waals surface area contributed by atoms with Crippen molar-refractivity contribution < 1.29 is 18.2 Å². The molecule has 0 saturated carbocycles. The largest absolute Gasteiger partial charge is 0.467 e. The topological polar surface area (TPSA) is 94.3 Å². The predicted octanol–water partition coefficient (Wildman–Crippen LogP) is 2.56. The summed E-state index contributed by atoms with van der Waals surface area (Å²) in [4.78, 5) is 15.9. The summed E-state index contributed by atoms with van der Waals surface area (Å²) in [5.74, 6) is 2.16. The quantitative estimate of drug-likeness (QED) is 0.720. The maximum Gasteiger partial charge on any atom is 0.238 e. The van der Waals surface area contributed by atoms with E-state index in [1.807, 2.05) is 6.07 Å². The van der Waals surface area contributed by atoms with Crippen molar-refractivity contribution in [2.24, 2.45) is 0 Å². The van der Waals surface area contributed by atoms with Crippen molar-refractivity contribution in [1.29, 1.82) is 0 Å². The first-order valence-corrected chi connectivity index (χ1v) is 6.97. The van der Waals surface area contributed by atoms with Gasteiger partial charge in [0.05, 0.1) is 19.1 Å². The first-order chi connectivity index (χ1) is 10.8. The van der Waals surface area contributed by atoms with Crippen LogP contribution in [0.4, 0.5) is 0 Å². The number of aromatic nitrogens is 2. The molecule has 22 heavy (non-hydrogen) atoms. The van der Waals surface area contributed by atoms with Crippen LogP contribution in [0.3, 0.4) is 0 Å². The molecule has 0 aliphatic rings. The van der Waals surface area contributed by atoms with Crippen molar-refractivity contribution in [3.05, 3.63) is 48.4 Å². The van der Waals surface area contributed by atoms with Crippen LogP contribution in [0.15, 0.2) is 50.1 Å². The lowest BCUT2D eigenvalue weighted by Gasteiger charge is -2.01. The van der Waals surface area contributed by atoms with Crippen molar-refractivity contribution >= 4 is 5.91 Å². The van der Waals surface area contributed by atoms with Crippen LogP contribution in [0.5, 0.6) is 0 Å². The summed E-state index contributed by atoms with van der Waals surface area (Å²) in [6.45, 7) is 0.398. The molecule has 3 aromatic heterocycles. The van der Waals surface area contributed by atoms with Gasteiger partial charge in [-0.3, -0.25) is 4.79 Å². The van der Waals surface area contributed by atoms with Crippen LogP contribution >= 0.6 is 0 Å². The molecule has 3 rings (SSSR count). The highest BCUT2D eigenvalue weighted by molar-refractivity contribution is 5.75. The van der Waals surface area contributed by atoms with E-state index in [0.29, 0.717) is 43.3 Å². The van der Waals surface area contributed by atoms with Gasteiger partial charge in [-0.2, -0.15) is 4.98 Å². The van der Waals surface area contributed by atoms with E-state index in [1.165, 1.54) is 0 Å². The van der Waals surface area contributed by atoms with Gasteiger partial charge < -0.3 is 18.7 Å². The molecule has 1 amide bonds. The van der Waals surface area contributed by atoms with Crippen molar-refractivity contribution in [3.63, 3.8) is 0 Å². The van der Waals surface area contributed by atoms with Gasteiger partial charge in [-0.1, -0.05) is 5.16 Å². The first kappa shape index (κ1) is 14.1. The molecule has 0 aliphatic heterocycles. The number of aryl methyl sites for hydroxylation is 1. The third-order valence-corrected chi connectivity index (χ3v) is 3.04. The zero-order valence-electron chi connectivity index (χ0n) is 11.8. The average molecular weight is 301 g/mol. The monoisotopic (exact) mass is 301 g/mol. The second-order valence-electron chi connectivity index (χ2n) is 4.70. The second-order valence-corrected chi connectivity index (χ2v) is 4.70. The van der Waals surface area contributed by atoms with Gasteiger partial charge >= 0.3 is 0 Å². The fraction of sp³-hybridized carbons (Fsp3) is 0.267. The Bertz CT molecular complexity index is 701. The molecule has 0 atom stereocenters. The molecule has 114 valence electrons. The van der Waals surface area contributed by atoms with Crippen molar-refractivity contribution in [3.8, 4) is 11.6 Å². The number of hydrogen-bond donors (Lipinski definition) is 1. The Morgan fingerprint density at radius 1 is 1.18 bits per heavy atom. The number of furan rings is 2. The van der Waals surface area contributed by atoms with Crippen LogP contribution in [-0.4, -0.2) is 16.0 Å². The molecule has 0 aliphatic carbocycles. The summed E-state index contributed by atoms with van der Waals surface area (Å²) >= 11 is 0. The smallest absolute Gasteiger partial charge is 0.238 e. The second kappa shape index (κ2) is 6.75. The highest BCUT2D eigenvalue weighted by Gasteiger charge is 2.11. The minimum atomic E-state index is -0.0397. The summed E-state index contributed by atoms with van der Waals surface area (Å²) in [6.07, 6.45) is 4.69. The molecule has 0 spiro atoms. The number of carbonyl (C=O) groups excluding carboxylic acids is 1. The third kappa shape index (κ3) is 3.63. The Hall–Kier alpha value is -2.83. The normalized spacial score (nSPS) is 10.7. The van der Waals surface area contributed by atoms with Gasteiger partial charge in [-0.15, -0.1) is 0 Å². The molecular formula is C15H15N3O4. The van der Waals surface area contributed by atoms with Crippen LogP contribution in [0.1, 0.15) is 24.5 Å². The maximum absolute atomic E-state index is 11.7. The van der Waals surface area contributed by atoms with Crippen LogP contribution in [0.2, 0.25) is 0 Å². The number of rotatable bonds is 7. The maximum atomic E-state index is 11.7. The Morgan fingerprint density at radius 2 is 2.05 bits per heavy atom. The number of carbonyl (C=O) groups is 1. The molecule has 7 nitrogen and oxygen atoms in total. The van der Waals surface area contributed by atoms with Gasteiger partial charge in [0.1, 0.15) is 5.76 Å². The SMILES string of the molecule is O=C(CCCc1nc(-c2ccco2)no1)NCc1ccco1. The van der Waals surface area contributed by atoms with E-state index in [2.05, 4.69) is 15.5 Å². The molecule has 7 heteroatoms. The van der Waals surface area contributed by atoms with E-state index in [0.717, 1.165) is 5.76 Å². The molecule has 1 N–H and O–H groups in total. The summed E-state index contributed by atoms with van der Waals surface area (Å²) in [5.41, 5.74) is 0. The predicted molar refractivity (Wildman–Crippen MR) is 75.5 cm³/mol. The van der Waals surface area contributed by atoms with Gasteiger partial charge in [-0.25, -0.2) is 0 Å². The van der Waals surface area contributed by atoms with E-state index in [-0.39, 0.29) is 5.91 Å². The first-order valence-electron chi connectivity index (χ1n) is 6.97. The molecule has 0 saturated heterocycles. The zero-order valence-corrected chi connectivity index (χ0v) is 11.8. The fourth-order valence-corrected chi connectivity index (χ4v) is 1.95. The molecule has 0 unspecified atom stereocenters. The van der Waals surface area contributed by atoms with Crippen molar-refractivity contribution in [1.82, 2.24) is 15.5 Å². The summed E-state index contributed by atoms with van der Waals surface area (Å²) in [5, 5.41) is 6.62. The Morgan fingerprint density at radius 3 is 2.82 bits per heavy atom. The number of amides is 1. The number of hydrogen-bond acceptors (Lipinski definition) is 6. The van der Waals surface area contributed by atoms with Crippen LogP contribution < -0.4 is 5.32 Å². The Kier molecular flexibility index (Phi) is 4.33. The zero-order chi connectivity index (χ0) is 15.2. The molecule has 0 fully saturated rings. The number of nitrogens with zero attached hydrogens (tertiary/aromatic N) is 2. The molecule has 3 heterocycles. The summed E-state index contributed by atoms with van der Waals surface area (Å²) in [6, 6.07) is 7.12. The van der Waals surface area contributed by atoms with Crippen LogP contribution in [0, 0.1) is 0 Å². The highest BCUT2D eigenvalue weighted by Crippen LogP contribution is 2.16. The van der Waals surface area contributed by atoms with E-state index >= 15 is 0 Å². The Labute approximate surface area is 126 Å². The summed E-state index contributed by atoms with van der Waals surface area (Å²) < 4.78 is 15.4. The van der Waals surface area contributed by atoms with E-state index < -0.39 is 0 Å². The molecular weight excluding hydrogens is 286 g/mol. The van der Waals surface area contributed by atoms with Crippen molar-refractivity contribution in [2.45, 2.75) is 25.8 Å². The minimum absolute atomic E-state index is 0.0397. The Balaban J connectivity index is 1.40. The van der Waals surface area contributed by atoms with Crippen LogP contribution in [-0.2, 0) is 17.8 Å². The van der Waals surface area contributed by atoms with Gasteiger partial charge in [0.15, 0.2) is 5.76 Å². The molecule has 0 aromatic carbocycles. The van der Waals surface area contributed by atoms with Crippen molar-refractivity contribution in [2.75, 3.05) is 0 Å². The average Bonchev–Trinajstić information content (AvgIpc) is 3.26.